The first-order chi connectivity index (χ1) is 10.6. The van der Waals surface area contributed by atoms with Gasteiger partial charge in [0.25, 0.3) is 0 Å². The molecule has 3 rings (SSSR count). The molecule has 0 aliphatic carbocycles. The van der Waals surface area contributed by atoms with Gasteiger partial charge in [0, 0.05) is 25.4 Å². The van der Waals surface area contributed by atoms with Gasteiger partial charge < -0.3 is 10.2 Å². The zero-order chi connectivity index (χ0) is 15.6. The first-order valence-corrected chi connectivity index (χ1v) is 8.60. The van der Waals surface area contributed by atoms with Crippen molar-refractivity contribution in [3.8, 4) is 0 Å². The number of amides is 1. The smallest absolute Gasteiger partial charge is 0.222 e. The largest absolute Gasteiger partial charge is 0.341 e. The molecule has 0 unspecified atom stereocenters. The third-order valence-corrected chi connectivity index (χ3v) is 5.42. The normalized spacial score (nSPS) is 25.4. The van der Waals surface area contributed by atoms with Crippen LogP contribution in [0.25, 0.3) is 0 Å². The van der Waals surface area contributed by atoms with Crippen molar-refractivity contribution >= 4 is 5.91 Å². The number of piperidine rings is 1. The van der Waals surface area contributed by atoms with E-state index in [0.717, 1.165) is 45.4 Å². The lowest BCUT2D eigenvalue weighted by atomic mass is 9.78. The molecular weight excluding hydrogens is 272 g/mol. The van der Waals surface area contributed by atoms with Crippen LogP contribution >= 0.6 is 0 Å². The molecule has 0 saturated carbocycles. The van der Waals surface area contributed by atoms with Gasteiger partial charge in [-0.15, -0.1) is 0 Å². The maximum atomic E-state index is 12.7. The molecule has 1 aromatic rings. The van der Waals surface area contributed by atoms with Crippen molar-refractivity contribution in [1.29, 1.82) is 0 Å². The highest BCUT2D eigenvalue weighted by molar-refractivity contribution is 5.77. The maximum Gasteiger partial charge on any atom is 0.222 e. The van der Waals surface area contributed by atoms with E-state index in [0.29, 0.717) is 17.7 Å². The minimum atomic E-state index is 0.158. The van der Waals surface area contributed by atoms with Gasteiger partial charge in [-0.2, -0.15) is 0 Å². The lowest BCUT2D eigenvalue weighted by molar-refractivity contribution is -0.131. The SMILES string of the molecule is CC1(C)CN(C(=O)CC2CCNCC2)C[C@@H]1c1ccccc1. The van der Waals surface area contributed by atoms with Crippen molar-refractivity contribution in [3.05, 3.63) is 35.9 Å². The molecule has 2 aliphatic rings. The minimum Gasteiger partial charge on any atom is -0.341 e. The fraction of sp³-hybridized carbons (Fsp3) is 0.632. The van der Waals surface area contributed by atoms with Crippen molar-refractivity contribution in [1.82, 2.24) is 10.2 Å². The van der Waals surface area contributed by atoms with E-state index in [1.807, 2.05) is 0 Å². The maximum absolute atomic E-state index is 12.7. The third-order valence-electron chi connectivity index (χ3n) is 5.42. The quantitative estimate of drug-likeness (QED) is 0.930. The van der Waals surface area contributed by atoms with Gasteiger partial charge in [0.2, 0.25) is 5.91 Å². The second-order valence-electron chi connectivity index (χ2n) is 7.62. The van der Waals surface area contributed by atoms with Gasteiger partial charge in [0.1, 0.15) is 0 Å². The Morgan fingerprint density at radius 3 is 2.59 bits per heavy atom. The highest BCUT2D eigenvalue weighted by Crippen LogP contribution is 2.42. The van der Waals surface area contributed by atoms with Crippen LogP contribution in [-0.4, -0.2) is 37.0 Å². The van der Waals surface area contributed by atoms with E-state index in [4.69, 9.17) is 0 Å². The number of benzene rings is 1. The highest BCUT2D eigenvalue weighted by Gasteiger charge is 2.42. The first kappa shape index (κ1) is 15.5. The number of carbonyl (C=O) groups excluding carboxylic acids is 1. The summed E-state index contributed by atoms with van der Waals surface area (Å²) in [5.74, 6) is 1.39. The minimum absolute atomic E-state index is 0.158. The summed E-state index contributed by atoms with van der Waals surface area (Å²) in [5.41, 5.74) is 1.52. The van der Waals surface area contributed by atoms with Gasteiger partial charge >= 0.3 is 0 Å². The van der Waals surface area contributed by atoms with Gasteiger partial charge in [0.05, 0.1) is 0 Å². The molecule has 0 spiro atoms. The van der Waals surface area contributed by atoms with Crippen molar-refractivity contribution in [2.45, 2.75) is 39.0 Å². The van der Waals surface area contributed by atoms with Gasteiger partial charge in [-0.05, 0) is 42.8 Å². The zero-order valence-corrected chi connectivity index (χ0v) is 13.8. The summed E-state index contributed by atoms with van der Waals surface area (Å²) in [7, 11) is 0. The van der Waals surface area contributed by atoms with E-state index in [2.05, 4.69) is 54.4 Å². The molecule has 3 heteroatoms. The lowest BCUT2D eigenvalue weighted by Gasteiger charge is -2.26. The van der Waals surface area contributed by atoms with Crippen LogP contribution in [0.15, 0.2) is 30.3 Å². The molecule has 1 atom stereocenters. The Morgan fingerprint density at radius 2 is 1.91 bits per heavy atom. The average molecular weight is 300 g/mol. The number of nitrogens with one attached hydrogen (secondary N) is 1. The second-order valence-corrected chi connectivity index (χ2v) is 7.62. The molecule has 0 aromatic heterocycles. The number of hydrogen-bond donors (Lipinski definition) is 1. The van der Waals surface area contributed by atoms with Crippen molar-refractivity contribution < 1.29 is 4.79 Å². The standard InChI is InChI=1S/C19H28N2O/c1-19(2)14-21(13-17(19)16-6-4-3-5-7-16)18(22)12-15-8-10-20-11-9-15/h3-7,15,17,20H,8-14H2,1-2H3/t17-/m1/s1. The van der Waals surface area contributed by atoms with E-state index in [1.165, 1.54) is 5.56 Å². The zero-order valence-electron chi connectivity index (χ0n) is 13.8. The Morgan fingerprint density at radius 1 is 1.23 bits per heavy atom. The number of rotatable bonds is 3. The van der Waals surface area contributed by atoms with E-state index in [1.54, 1.807) is 0 Å². The molecule has 22 heavy (non-hydrogen) atoms. The Hall–Kier alpha value is -1.35. The Labute approximate surface area is 134 Å². The second kappa shape index (κ2) is 6.41. The van der Waals surface area contributed by atoms with Crippen molar-refractivity contribution in [2.24, 2.45) is 11.3 Å². The fourth-order valence-electron chi connectivity index (χ4n) is 4.03. The summed E-state index contributed by atoms with van der Waals surface area (Å²) >= 11 is 0. The number of nitrogens with zero attached hydrogens (tertiary/aromatic N) is 1. The summed E-state index contributed by atoms with van der Waals surface area (Å²) in [6.45, 7) is 8.48. The lowest BCUT2D eigenvalue weighted by Crippen LogP contribution is -2.34. The Balaban J connectivity index is 1.65. The van der Waals surface area contributed by atoms with Gasteiger partial charge in [-0.25, -0.2) is 0 Å². The molecule has 1 N–H and O–H groups in total. The summed E-state index contributed by atoms with van der Waals surface area (Å²) in [5, 5.41) is 3.37. The topological polar surface area (TPSA) is 32.3 Å². The summed E-state index contributed by atoms with van der Waals surface area (Å²) in [4.78, 5) is 14.8. The van der Waals surface area contributed by atoms with Crippen LogP contribution in [0, 0.1) is 11.3 Å². The van der Waals surface area contributed by atoms with Crippen LogP contribution in [0.2, 0.25) is 0 Å². The number of likely N-dealkylation sites (tertiary alicyclic amines) is 1. The Kier molecular flexibility index (Phi) is 4.53. The predicted octanol–water partition coefficient (Wildman–Crippen LogP) is 3.03. The monoisotopic (exact) mass is 300 g/mol. The fourth-order valence-corrected chi connectivity index (χ4v) is 4.03. The van der Waals surface area contributed by atoms with E-state index >= 15 is 0 Å². The molecule has 3 nitrogen and oxygen atoms in total. The van der Waals surface area contributed by atoms with Crippen LogP contribution in [0.3, 0.4) is 0 Å². The Bertz CT molecular complexity index is 505. The third kappa shape index (κ3) is 3.35. The molecule has 2 saturated heterocycles. The van der Waals surface area contributed by atoms with Gasteiger partial charge in [-0.3, -0.25) is 4.79 Å². The molecule has 1 aromatic carbocycles. The molecule has 0 bridgehead atoms. The van der Waals surface area contributed by atoms with Gasteiger partial charge in [-0.1, -0.05) is 44.2 Å². The molecule has 2 aliphatic heterocycles. The van der Waals surface area contributed by atoms with Crippen LogP contribution in [0.5, 0.6) is 0 Å². The molecule has 2 fully saturated rings. The van der Waals surface area contributed by atoms with Crippen LogP contribution < -0.4 is 5.32 Å². The van der Waals surface area contributed by atoms with Crippen molar-refractivity contribution in [3.63, 3.8) is 0 Å². The summed E-state index contributed by atoms with van der Waals surface area (Å²) < 4.78 is 0. The molecule has 120 valence electrons. The van der Waals surface area contributed by atoms with Crippen LogP contribution in [0.1, 0.15) is 44.6 Å². The average Bonchev–Trinajstić information content (AvgIpc) is 2.85. The van der Waals surface area contributed by atoms with E-state index < -0.39 is 0 Å². The number of hydrogen-bond acceptors (Lipinski definition) is 2. The molecule has 0 radical (unpaired) electrons. The molecule has 1 amide bonds. The van der Waals surface area contributed by atoms with E-state index in [9.17, 15) is 4.79 Å². The van der Waals surface area contributed by atoms with E-state index in [-0.39, 0.29) is 5.41 Å². The van der Waals surface area contributed by atoms with Gasteiger partial charge in [0.15, 0.2) is 0 Å². The predicted molar refractivity (Wildman–Crippen MR) is 89.8 cm³/mol. The van der Waals surface area contributed by atoms with Crippen LogP contribution in [-0.2, 0) is 4.79 Å². The van der Waals surface area contributed by atoms with Crippen molar-refractivity contribution in [2.75, 3.05) is 26.2 Å². The molecular formula is C19H28N2O. The molecule has 2 heterocycles. The number of carbonyl (C=O) groups is 1. The first-order valence-electron chi connectivity index (χ1n) is 8.60. The summed E-state index contributed by atoms with van der Waals surface area (Å²) in [6, 6.07) is 10.7. The summed E-state index contributed by atoms with van der Waals surface area (Å²) in [6.07, 6.45) is 3.02. The highest BCUT2D eigenvalue weighted by atomic mass is 16.2. The van der Waals surface area contributed by atoms with Crippen LogP contribution in [0.4, 0.5) is 0 Å².